The largest absolute Gasteiger partial charge is 0.375 e. The molecule has 0 saturated carbocycles. The van der Waals surface area contributed by atoms with E-state index in [0.717, 1.165) is 32.3 Å². The van der Waals surface area contributed by atoms with Gasteiger partial charge in [0.25, 0.3) is 0 Å². The molecule has 2 nitrogen and oxygen atoms in total. The van der Waals surface area contributed by atoms with Crippen LogP contribution < -0.4 is 5.73 Å². The molecular weight excluding hydrogens is 138 g/mol. The lowest BCUT2D eigenvalue weighted by molar-refractivity contribution is -0.0887. The molecule has 0 unspecified atom stereocenters. The van der Waals surface area contributed by atoms with E-state index in [0.29, 0.717) is 6.04 Å². The molecule has 1 fully saturated rings. The fourth-order valence-electron chi connectivity index (χ4n) is 1.81. The predicted octanol–water partition coefficient (Wildman–Crippen LogP) is 1.68. The second-order valence-electron chi connectivity index (χ2n) is 3.49. The Kier molecular flexibility index (Phi) is 2.90. The van der Waals surface area contributed by atoms with Gasteiger partial charge in [-0.2, -0.15) is 0 Å². The zero-order chi connectivity index (χ0) is 8.32. The number of hydrogen-bond acceptors (Lipinski definition) is 2. The van der Waals surface area contributed by atoms with Crippen molar-refractivity contribution in [2.75, 3.05) is 6.61 Å². The summed E-state index contributed by atoms with van der Waals surface area (Å²) in [5.74, 6) is 0. The summed E-state index contributed by atoms with van der Waals surface area (Å²) < 4.78 is 5.75. The van der Waals surface area contributed by atoms with E-state index >= 15 is 0 Å². The van der Waals surface area contributed by atoms with Gasteiger partial charge in [-0.05, 0) is 25.7 Å². The van der Waals surface area contributed by atoms with Crippen molar-refractivity contribution in [3.05, 3.63) is 0 Å². The molecule has 0 amide bonds. The van der Waals surface area contributed by atoms with Crippen LogP contribution in [0.2, 0.25) is 0 Å². The molecule has 0 aromatic rings. The maximum atomic E-state index is 5.88. The van der Waals surface area contributed by atoms with E-state index in [1.54, 1.807) is 0 Å². The highest BCUT2D eigenvalue weighted by Crippen LogP contribution is 2.30. The smallest absolute Gasteiger partial charge is 0.0692 e. The van der Waals surface area contributed by atoms with Crippen molar-refractivity contribution in [1.29, 1.82) is 0 Å². The molecule has 1 saturated heterocycles. The molecular formula is C9H19NO. The average molecular weight is 157 g/mol. The first-order valence-electron chi connectivity index (χ1n) is 4.62. The standard InChI is InChI=1S/C9H19NO/c1-3-9(4-2)7-8(10)5-6-11-9/h8H,3-7,10H2,1-2H3/t8-/m0/s1. The number of nitrogens with two attached hydrogens (primary N) is 1. The summed E-state index contributed by atoms with van der Waals surface area (Å²) in [5, 5.41) is 0. The van der Waals surface area contributed by atoms with Gasteiger partial charge in [-0.25, -0.2) is 0 Å². The maximum absolute atomic E-state index is 5.88. The molecule has 0 bridgehead atoms. The fourth-order valence-corrected chi connectivity index (χ4v) is 1.81. The molecule has 0 spiro atoms. The Morgan fingerprint density at radius 2 is 2.09 bits per heavy atom. The van der Waals surface area contributed by atoms with E-state index in [-0.39, 0.29) is 5.60 Å². The van der Waals surface area contributed by atoms with Gasteiger partial charge >= 0.3 is 0 Å². The van der Waals surface area contributed by atoms with Gasteiger partial charge < -0.3 is 10.5 Å². The quantitative estimate of drug-likeness (QED) is 0.662. The summed E-state index contributed by atoms with van der Waals surface area (Å²) in [4.78, 5) is 0. The molecule has 11 heavy (non-hydrogen) atoms. The normalized spacial score (nSPS) is 30.3. The molecule has 2 N–H and O–H groups in total. The Bertz CT molecular complexity index is 121. The minimum absolute atomic E-state index is 0.109. The van der Waals surface area contributed by atoms with E-state index in [2.05, 4.69) is 13.8 Å². The van der Waals surface area contributed by atoms with Crippen LogP contribution in [0.1, 0.15) is 39.5 Å². The Hall–Kier alpha value is -0.0800. The number of rotatable bonds is 2. The summed E-state index contributed by atoms with van der Waals surface area (Å²) >= 11 is 0. The van der Waals surface area contributed by atoms with E-state index in [1.807, 2.05) is 0 Å². The van der Waals surface area contributed by atoms with Crippen molar-refractivity contribution >= 4 is 0 Å². The molecule has 0 radical (unpaired) electrons. The predicted molar refractivity (Wildman–Crippen MR) is 46.5 cm³/mol. The van der Waals surface area contributed by atoms with Gasteiger partial charge in [0, 0.05) is 12.6 Å². The third-order valence-corrected chi connectivity index (χ3v) is 2.82. The van der Waals surface area contributed by atoms with Crippen LogP contribution in [0.3, 0.4) is 0 Å². The molecule has 1 atom stereocenters. The highest BCUT2D eigenvalue weighted by Gasteiger charge is 2.32. The third-order valence-electron chi connectivity index (χ3n) is 2.82. The zero-order valence-corrected chi connectivity index (χ0v) is 7.60. The molecule has 1 aliphatic rings. The van der Waals surface area contributed by atoms with Crippen molar-refractivity contribution in [1.82, 2.24) is 0 Å². The average Bonchev–Trinajstić information content (AvgIpc) is 2.04. The lowest BCUT2D eigenvalue weighted by Gasteiger charge is -2.38. The number of ether oxygens (including phenoxy) is 1. The van der Waals surface area contributed by atoms with Crippen molar-refractivity contribution in [3.63, 3.8) is 0 Å². The van der Waals surface area contributed by atoms with Crippen LogP contribution in [0.15, 0.2) is 0 Å². The van der Waals surface area contributed by atoms with Crippen LogP contribution in [-0.2, 0) is 4.74 Å². The maximum Gasteiger partial charge on any atom is 0.0692 e. The van der Waals surface area contributed by atoms with Gasteiger partial charge in [0.05, 0.1) is 5.60 Å². The highest BCUT2D eigenvalue weighted by atomic mass is 16.5. The van der Waals surface area contributed by atoms with Crippen LogP contribution in [0.25, 0.3) is 0 Å². The first kappa shape index (κ1) is 9.01. The lowest BCUT2D eigenvalue weighted by Crippen LogP contribution is -2.44. The van der Waals surface area contributed by atoms with Crippen LogP contribution in [-0.4, -0.2) is 18.2 Å². The van der Waals surface area contributed by atoms with Crippen molar-refractivity contribution in [2.24, 2.45) is 5.73 Å². The van der Waals surface area contributed by atoms with Gasteiger partial charge in [0.2, 0.25) is 0 Å². The minimum atomic E-state index is 0.109. The highest BCUT2D eigenvalue weighted by molar-refractivity contribution is 4.86. The molecule has 2 heteroatoms. The Balaban J connectivity index is 2.52. The van der Waals surface area contributed by atoms with Gasteiger partial charge in [-0.3, -0.25) is 0 Å². The van der Waals surface area contributed by atoms with Gasteiger partial charge in [0.1, 0.15) is 0 Å². The summed E-state index contributed by atoms with van der Waals surface area (Å²) in [5.41, 5.74) is 5.99. The van der Waals surface area contributed by atoms with Crippen LogP contribution in [0.5, 0.6) is 0 Å². The first-order chi connectivity index (χ1) is 5.22. The summed E-state index contributed by atoms with van der Waals surface area (Å²) in [6.45, 7) is 5.21. The molecule has 0 aliphatic carbocycles. The molecule has 0 aromatic carbocycles. The summed E-state index contributed by atoms with van der Waals surface area (Å²) in [7, 11) is 0. The van der Waals surface area contributed by atoms with E-state index < -0.39 is 0 Å². The summed E-state index contributed by atoms with van der Waals surface area (Å²) in [6.07, 6.45) is 4.26. The third kappa shape index (κ3) is 1.94. The van der Waals surface area contributed by atoms with E-state index in [9.17, 15) is 0 Å². The van der Waals surface area contributed by atoms with Gasteiger partial charge in [-0.1, -0.05) is 13.8 Å². The Morgan fingerprint density at radius 3 is 2.45 bits per heavy atom. The van der Waals surface area contributed by atoms with Gasteiger partial charge in [-0.15, -0.1) is 0 Å². The second kappa shape index (κ2) is 3.55. The molecule has 66 valence electrons. The first-order valence-corrected chi connectivity index (χ1v) is 4.62. The Morgan fingerprint density at radius 1 is 1.45 bits per heavy atom. The molecule has 0 aromatic heterocycles. The van der Waals surface area contributed by atoms with Crippen molar-refractivity contribution in [3.8, 4) is 0 Å². The topological polar surface area (TPSA) is 35.2 Å². The number of hydrogen-bond donors (Lipinski definition) is 1. The fraction of sp³-hybridized carbons (Fsp3) is 1.00. The van der Waals surface area contributed by atoms with E-state index in [1.165, 1.54) is 0 Å². The van der Waals surface area contributed by atoms with Crippen LogP contribution in [0.4, 0.5) is 0 Å². The van der Waals surface area contributed by atoms with Crippen molar-refractivity contribution < 1.29 is 4.74 Å². The van der Waals surface area contributed by atoms with Crippen molar-refractivity contribution in [2.45, 2.75) is 51.2 Å². The monoisotopic (exact) mass is 157 g/mol. The summed E-state index contributed by atoms with van der Waals surface area (Å²) in [6, 6.07) is 0.364. The van der Waals surface area contributed by atoms with Gasteiger partial charge in [0.15, 0.2) is 0 Å². The zero-order valence-electron chi connectivity index (χ0n) is 7.60. The molecule has 1 rings (SSSR count). The second-order valence-corrected chi connectivity index (χ2v) is 3.49. The van der Waals surface area contributed by atoms with Crippen LogP contribution in [0, 0.1) is 0 Å². The molecule has 1 aliphatic heterocycles. The lowest BCUT2D eigenvalue weighted by atomic mass is 9.86. The van der Waals surface area contributed by atoms with E-state index in [4.69, 9.17) is 10.5 Å². The minimum Gasteiger partial charge on any atom is -0.375 e. The van der Waals surface area contributed by atoms with Crippen LogP contribution >= 0.6 is 0 Å². The molecule has 1 heterocycles. The SMILES string of the molecule is CCC1(CC)C[C@@H](N)CCO1. The Labute approximate surface area is 69.1 Å².